The van der Waals surface area contributed by atoms with Crippen LogP contribution in [0.25, 0.3) is 0 Å². The lowest BCUT2D eigenvalue weighted by Gasteiger charge is -2.16. The summed E-state index contributed by atoms with van der Waals surface area (Å²) in [5, 5.41) is 34.1. The quantitative estimate of drug-likeness (QED) is 0.375. The number of hydrogen-bond donors (Lipinski definition) is 4. The third-order valence-corrected chi connectivity index (χ3v) is 2.26. The molecule has 0 saturated heterocycles. The molecule has 0 fully saturated rings. The molecule has 2 rings (SSSR count). The Labute approximate surface area is 131 Å². The highest BCUT2D eigenvalue weighted by Crippen LogP contribution is 1.97. The maximum atomic E-state index is 10.1. The van der Waals surface area contributed by atoms with Crippen molar-refractivity contribution < 1.29 is 39.2 Å². The van der Waals surface area contributed by atoms with Gasteiger partial charge >= 0.3 is 11.6 Å². The van der Waals surface area contributed by atoms with E-state index in [1.807, 2.05) is 0 Å². The number of aliphatic hydroxyl groups is 4. The van der Waals surface area contributed by atoms with E-state index in [0.29, 0.717) is 6.42 Å². The summed E-state index contributed by atoms with van der Waals surface area (Å²) in [7, 11) is 0. The lowest BCUT2D eigenvalue weighted by atomic mass is 10.1. The minimum absolute atomic E-state index is 0.0869. The van der Waals surface area contributed by atoms with Gasteiger partial charge in [0, 0.05) is 6.07 Å². The zero-order valence-corrected chi connectivity index (χ0v) is 12.0. The predicted octanol–water partition coefficient (Wildman–Crippen LogP) is -1.65. The number of hydrogen-bond acceptors (Lipinski definition) is 9. The largest absolute Gasteiger partial charge is 0.435 e. The monoisotopic (exact) mass is 330 g/mol. The third kappa shape index (κ3) is 10.1. The molecule has 0 aromatic carbocycles. The number of carbonyl (C=O) groups excluding carboxylic acids is 2. The SMILES string of the molecule is O=C1CC=CO1.O=CC(O)C(O)C(O)CO.O=c1cccco1. The van der Waals surface area contributed by atoms with Crippen molar-refractivity contribution in [1.29, 1.82) is 0 Å². The Hall–Kier alpha value is -2.33. The van der Waals surface area contributed by atoms with Crippen LogP contribution in [-0.4, -0.2) is 57.6 Å². The highest BCUT2D eigenvalue weighted by Gasteiger charge is 2.22. The molecule has 2 heterocycles. The van der Waals surface area contributed by atoms with Gasteiger partial charge in [-0.3, -0.25) is 4.79 Å². The van der Waals surface area contributed by atoms with Crippen LogP contribution in [0.1, 0.15) is 6.42 Å². The average Bonchev–Trinajstić information content (AvgIpc) is 3.05. The molecule has 1 aromatic rings. The number of aliphatic hydroxyl groups excluding tert-OH is 4. The molecule has 0 amide bonds. The third-order valence-electron chi connectivity index (χ3n) is 2.26. The van der Waals surface area contributed by atoms with E-state index in [9.17, 15) is 14.4 Å². The first-order chi connectivity index (χ1) is 10.9. The summed E-state index contributed by atoms with van der Waals surface area (Å²) in [4.78, 5) is 29.8. The van der Waals surface area contributed by atoms with E-state index in [2.05, 4.69) is 9.15 Å². The van der Waals surface area contributed by atoms with Gasteiger partial charge in [0.05, 0.1) is 25.6 Å². The van der Waals surface area contributed by atoms with Crippen LogP contribution >= 0.6 is 0 Å². The fraction of sp³-hybridized carbons (Fsp3) is 0.357. The summed E-state index contributed by atoms with van der Waals surface area (Å²) < 4.78 is 8.70. The molecular weight excluding hydrogens is 312 g/mol. The zero-order valence-electron chi connectivity index (χ0n) is 12.0. The van der Waals surface area contributed by atoms with Gasteiger partial charge in [-0.05, 0) is 12.1 Å². The highest BCUT2D eigenvalue weighted by atomic mass is 16.5. The van der Waals surface area contributed by atoms with Crippen LogP contribution in [-0.2, 0) is 14.3 Å². The van der Waals surface area contributed by atoms with Crippen LogP contribution in [0.2, 0.25) is 0 Å². The Bertz CT molecular complexity index is 510. The number of aldehydes is 1. The first-order valence-corrected chi connectivity index (χ1v) is 6.41. The van der Waals surface area contributed by atoms with Gasteiger partial charge in [-0.1, -0.05) is 6.07 Å². The maximum Gasteiger partial charge on any atom is 0.335 e. The molecule has 9 heteroatoms. The molecule has 9 nitrogen and oxygen atoms in total. The molecule has 0 radical (unpaired) electrons. The van der Waals surface area contributed by atoms with E-state index in [1.165, 1.54) is 18.6 Å². The molecule has 0 bridgehead atoms. The Kier molecular flexibility index (Phi) is 11.0. The molecule has 1 aliphatic heterocycles. The van der Waals surface area contributed by atoms with Gasteiger partial charge in [-0.15, -0.1) is 0 Å². The van der Waals surface area contributed by atoms with Gasteiger partial charge in [0.2, 0.25) is 0 Å². The summed E-state index contributed by atoms with van der Waals surface area (Å²) in [5.74, 6) is -0.157. The second-order valence-corrected chi connectivity index (χ2v) is 4.06. The van der Waals surface area contributed by atoms with Crippen LogP contribution < -0.4 is 5.63 Å². The van der Waals surface area contributed by atoms with Gasteiger partial charge in [-0.25, -0.2) is 4.79 Å². The fourth-order valence-corrected chi connectivity index (χ4v) is 1.06. The first-order valence-electron chi connectivity index (χ1n) is 6.41. The lowest BCUT2D eigenvalue weighted by molar-refractivity contribution is -0.135. The molecule has 1 aromatic heterocycles. The standard InChI is InChI=1S/C5H10O5.C5H4O2.C4H4O2/c6-1-3(8)5(10)4(9)2-7;6-5-3-1-2-4-7-5;5-4-2-1-3-6-4/h1,3-5,7-10H,2H2;1-4H;1,3H,2H2. The van der Waals surface area contributed by atoms with Crippen LogP contribution in [0, 0.1) is 0 Å². The molecule has 23 heavy (non-hydrogen) atoms. The van der Waals surface area contributed by atoms with Crippen molar-refractivity contribution in [3.05, 3.63) is 47.2 Å². The molecule has 128 valence electrons. The predicted molar refractivity (Wildman–Crippen MR) is 76.0 cm³/mol. The van der Waals surface area contributed by atoms with Crippen molar-refractivity contribution >= 4 is 12.3 Å². The van der Waals surface area contributed by atoms with Crippen LogP contribution in [0.5, 0.6) is 0 Å². The van der Waals surface area contributed by atoms with Crippen molar-refractivity contribution in [2.45, 2.75) is 24.7 Å². The Balaban J connectivity index is 0.000000326. The summed E-state index contributed by atoms with van der Waals surface area (Å²) >= 11 is 0. The minimum Gasteiger partial charge on any atom is -0.435 e. The molecule has 3 atom stereocenters. The van der Waals surface area contributed by atoms with E-state index < -0.39 is 24.9 Å². The fourth-order valence-electron chi connectivity index (χ4n) is 1.06. The van der Waals surface area contributed by atoms with Crippen molar-refractivity contribution in [3.8, 4) is 0 Å². The van der Waals surface area contributed by atoms with Crippen LogP contribution in [0.4, 0.5) is 0 Å². The summed E-state index contributed by atoms with van der Waals surface area (Å²) in [6, 6.07) is 4.65. The number of carbonyl (C=O) groups is 2. The number of ether oxygens (including phenoxy) is 1. The average molecular weight is 330 g/mol. The molecule has 1 aliphatic rings. The van der Waals surface area contributed by atoms with Crippen LogP contribution in [0.3, 0.4) is 0 Å². The summed E-state index contributed by atoms with van der Waals surface area (Å²) in [6.07, 6.45) is 0.251. The number of rotatable bonds is 4. The van der Waals surface area contributed by atoms with Crippen molar-refractivity contribution in [2.75, 3.05) is 6.61 Å². The second kappa shape index (κ2) is 12.2. The van der Waals surface area contributed by atoms with E-state index >= 15 is 0 Å². The van der Waals surface area contributed by atoms with Crippen molar-refractivity contribution in [3.63, 3.8) is 0 Å². The summed E-state index contributed by atoms with van der Waals surface area (Å²) in [5.41, 5.74) is -0.303. The number of cyclic esters (lactones) is 1. The molecule has 4 N–H and O–H groups in total. The Morgan fingerprint density at radius 1 is 1.22 bits per heavy atom. The Morgan fingerprint density at radius 3 is 2.17 bits per heavy atom. The van der Waals surface area contributed by atoms with Crippen LogP contribution in [0.15, 0.2) is 46.0 Å². The van der Waals surface area contributed by atoms with E-state index in [-0.39, 0.29) is 17.9 Å². The van der Waals surface area contributed by atoms with Gasteiger partial charge < -0.3 is 34.4 Å². The molecule has 3 unspecified atom stereocenters. The Morgan fingerprint density at radius 2 is 1.91 bits per heavy atom. The minimum atomic E-state index is -1.64. The van der Waals surface area contributed by atoms with E-state index in [0.717, 1.165) is 0 Å². The highest BCUT2D eigenvalue weighted by molar-refractivity contribution is 5.73. The zero-order chi connectivity index (χ0) is 17.7. The van der Waals surface area contributed by atoms with Gasteiger partial charge in [-0.2, -0.15) is 0 Å². The van der Waals surface area contributed by atoms with Gasteiger partial charge in [0.25, 0.3) is 0 Å². The summed E-state index contributed by atoms with van der Waals surface area (Å²) in [6.45, 7) is -0.688. The first kappa shape index (κ1) is 20.7. The van der Waals surface area contributed by atoms with Gasteiger partial charge in [0.15, 0.2) is 6.29 Å². The molecule has 0 aliphatic carbocycles. The van der Waals surface area contributed by atoms with E-state index in [4.69, 9.17) is 20.4 Å². The van der Waals surface area contributed by atoms with Gasteiger partial charge in [0.1, 0.15) is 18.3 Å². The number of esters is 1. The second-order valence-electron chi connectivity index (χ2n) is 4.06. The molecule has 0 saturated carbocycles. The van der Waals surface area contributed by atoms with Crippen molar-refractivity contribution in [1.82, 2.24) is 0 Å². The smallest absolute Gasteiger partial charge is 0.335 e. The lowest BCUT2D eigenvalue weighted by Crippen LogP contribution is -2.40. The van der Waals surface area contributed by atoms with E-state index in [1.54, 1.807) is 18.2 Å². The molecule has 0 spiro atoms. The topological polar surface area (TPSA) is 154 Å². The molecular formula is C14H18O9. The normalized spacial score (nSPS) is 15.9. The van der Waals surface area contributed by atoms with Crippen molar-refractivity contribution in [2.24, 2.45) is 0 Å². The maximum absolute atomic E-state index is 10.1.